The first-order valence-corrected chi connectivity index (χ1v) is 10.4. The number of amides is 2. The SMILES string of the molecule is CC(C)CC(=O)N1Cc2ccccc2CC1C(=O)N(C)Cc1ccc(OC(F)F)cc1. The van der Waals surface area contributed by atoms with Crippen molar-refractivity contribution in [1.29, 1.82) is 0 Å². The molecule has 0 N–H and O–H groups in total. The lowest BCUT2D eigenvalue weighted by atomic mass is 9.92. The molecule has 2 aromatic carbocycles. The summed E-state index contributed by atoms with van der Waals surface area (Å²) in [6.07, 6.45) is 0.867. The van der Waals surface area contributed by atoms with E-state index < -0.39 is 12.7 Å². The third-order valence-electron chi connectivity index (χ3n) is 5.38. The zero-order chi connectivity index (χ0) is 22.5. The summed E-state index contributed by atoms with van der Waals surface area (Å²) in [5.74, 6) is 0.110. The van der Waals surface area contributed by atoms with E-state index in [-0.39, 0.29) is 23.5 Å². The average molecular weight is 430 g/mol. The van der Waals surface area contributed by atoms with Crippen LogP contribution in [0.4, 0.5) is 8.78 Å². The van der Waals surface area contributed by atoms with Crippen LogP contribution in [0.15, 0.2) is 48.5 Å². The lowest BCUT2D eigenvalue weighted by Crippen LogP contribution is -2.52. The summed E-state index contributed by atoms with van der Waals surface area (Å²) in [4.78, 5) is 29.5. The van der Waals surface area contributed by atoms with Gasteiger partial charge in [0, 0.05) is 33.0 Å². The Balaban J connectivity index is 1.75. The lowest BCUT2D eigenvalue weighted by Gasteiger charge is -2.38. The summed E-state index contributed by atoms with van der Waals surface area (Å²) in [6, 6.07) is 13.5. The van der Waals surface area contributed by atoms with Crippen LogP contribution in [0.5, 0.6) is 5.75 Å². The summed E-state index contributed by atoms with van der Waals surface area (Å²) in [5.41, 5.74) is 2.94. The predicted octanol–water partition coefficient (Wildman–Crippen LogP) is 4.25. The fraction of sp³-hybridized carbons (Fsp3) is 0.417. The summed E-state index contributed by atoms with van der Waals surface area (Å²) in [7, 11) is 1.69. The van der Waals surface area contributed by atoms with E-state index in [0.29, 0.717) is 25.9 Å². The number of carbonyl (C=O) groups excluding carboxylic acids is 2. The highest BCUT2D eigenvalue weighted by molar-refractivity contribution is 5.88. The molecule has 1 atom stereocenters. The minimum atomic E-state index is -2.88. The zero-order valence-electron chi connectivity index (χ0n) is 18.1. The molecular weight excluding hydrogens is 402 g/mol. The number of nitrogens with zero attached hydrogens (tertiary/aromatic N) is 2. The topological polar surface area (TPSA) is 49.9 Å². The number of alkyl halides is 2. The van der Waals surface area contributed by atoms with Gasteiger partial charge in [-0.25, -0.2) is 0 Å². The predicted molar refractivity (Wildman–Crippen MR) is 113 cm³/mol. The summed E-state index contributed by atoms with van der Waals surface area (Å²) >= 11 is 0. The zero-order valence-corrected chi connectivity index (χ0v) is 18.1. The first-order chi connectivity index (χ1) is 14.7. The number of likely N-dealkylation sites (N-methyl/N-ethyl adjacent to an activating group) is 1. The van der Waals surface area contributed by atoms with Gasteiger partial charge in [0.05, 0.1) is 0 Å². The number of hydrogen-bond acceptors (Lipinski definition) is 3. The Morgan fingerprint density at radius 3 is 2.35 bits per heavy atom. The molecule has 1 heterocycles. The normalized spacial score (nSPS) is 15.7. The van der Waals surface area contributed by atoms with Crippen molar-refractivity contribution in [3.8, 4) is 5.75 Å². The Labute approximate surface area is 181 Å². The standard InChI is InChI=1S/C24H28F2N2O3/c1-16(2)12-22(29)28-15-19-7-5-4-6-18(19)13-21(28)23(30)27(3)14-17-8-10-20(11-9-17)31-24(25)26/h4-11,16,21,24H,12-15H2,1-3H3. The minimum absolute atomic E-state index is 0.0234. The van der Waals surface area contributed by atoms with Crippen LogP contribution in [-0.2, 0) is 29.1 Å². The molecule has 0 aromatic heterocycles. The molecule has 31 heavy (non-hydrogen) atoms. The molecule has 0 aliphatic carbocycles. The summed E-state index contributed by atoms with van der Waals surface area (Å²) < 4.78 is 29.0. The van der Waals surface area contributed by atoms with E-state index in [1.807, 2.05) is 38.1 Å². The van der Waals surface area contributed by atoms with Crippen LogP contribution < -0.4 is 4.74 Å². The van der Waals surface area contributed by atoms with E-state index in [2.05, 4.69) is 4.74 Å². The first kappa shape index (κ1) is 22.7. The second-order valence-corrected chi connectivity index (χ2v) is 8.32. The minimum Gasteiger partial charge on any atom is -0.435 e. The molecule has 1 unspecified atom stereocenters. The number of carbonyl (C=O) groups is 2. The maximum Gasteiger partial charge on any atom is 0.387 e. The van der Waals surface area contributed by atoms with Gasteiger partial charge in [-0.2, -0.15) is 8.78 Å². The molecule has 0 bridgehead atoms. The highest BCUT2D eigenvalue weighted by atomic mass is 19.3. The molecule has 7 heteroatoms. The van der Waals surface area contributed by atoms with Crippen LogP contribution in [0.3, 0.4) is 0 Å². The van der Waals surface area contributed by atoms with Crippen LogP contribution in [0.25, 0.3) is 0 Å². The first-order valence-electron chi connectivity index (χ1n) is 10.4. The van der Waals surface area contributed by atoms with E-state index in [0.717, 1.165) is 16.7 Å². The summed E-state index contributed by atoms with van der Waals surface area (Å²) in [6.45, 7) is 1.82. The highest BCUT2D eigenvalue weighted by Crippen LogP contribution is 2.26. The average Bonchev–Trinajstić information content (AvgIpc) is 2.72. The monoisotopic (exact) mass is 430 g/mol. The third-order valence-corrected chi connectivity index (χ3v) is 5.38. The molecule has 2 amide bonds. The van der Waals surface area contributed by atoms with E-state index in [1.165, 1.54) is 12.1 Å². The number of fused-ring (bicyclic) bond motifs is 1. The Hall–Kier alpha value is -2.96. The van der Waals surface area contributed by atoms with Crippen molar-refractivity contribution in [3.05, 3.63) is 65.2 Å². The van der Waals surface area contributed by atoms with E-state index in [9.17, 15) is 18.4 Å². The molecule has 0 radical (unpaired) electrons. The number of rotatable bonds is 7. The van der Waals surface area contributed by atoms with Crippen LogP contribution in [0.1, 0.15) is 37.0 Å². The van der Waals surface area contributed by atoms with Crippen molar-refractivity contribution in [2.45, 2.75) is 52.4 Å². The van der Waals surface area contributed by atoms with Crippen LogP contribution in [0, 0.1) is 5.92 Å². The van der Waals surface area contributed by atoms with Crippen LogP contribution in [0.2, 0.25) is 0 Å². The molecule has 0 saturated heterocycles. The number of benzene rings is 2. The highest BCUT2D eigenvalue weighted by Gasteiger charge is 2.36. The maximum atomic E-state index is 13.3. The Bertz CT molecular complexity index is 915. The molecule has 1 aliphatic rings. The Morgan fingerprint density at radius 2 is 1.74 bits per heavy atom. The van der Waals surface area contributed by atoms with Gasteiger partial charge in [0.15, 0.2) is 0 Å². The fourth-order valence-corrected chi connectivity index (χ4v) is 3.85. The molecule has 0 spiro atoms. The smallest absolute Gasteiger partial charge is 0.387 e. The van der Waals surface area contributed by atoms with Gasteiger partial charge in [0.2, 0.25) is 11.8 Å². The van der Waals surface area contributed by atoms with Gasteiger partial charge in [-0.15, -0.1) is 0 Å². The maximum absolute atomic E-state index is 13.3. The van der Waals surface area contributed by atoms with E-state index in [1.54, 1.807) is 29.0 Å². The van der Waals surface area contributed by atoms with Crippen molar-refractivity contribution in [3.63, 3.8) is 0 Å². The van der Waals surface area contributed by atoms with Crippen molar-refractivity contribution in [2.24, 2.45) is 5.92 Å². The number of ether oxygens (including phenoxy) is 1. The van der Waals surface area contributed by atoms with E-state index >= 15 is 0 Å². The van der Waals surface area contributed by atoms with Crippen LogP contribution >= 0.6 is 0 Å². The van der Waals surface area contributed by atoms with Gasteiger partial charge in [-0.1, -0.05) is 50.2 Å². The second-order valence-electron chi connectivity index (χ2n) is 8.32. The van der Waals surface area contributed by atoms with Gasteiger partial charge in [0.1, 0.15) is 11.8 Å². The number of halogens is 2. The van der Waals surface area contributed by atoms with Gasteiger partial charge >= 0.3 is 6.61 Å². The van der Waals surface area contributed by atoms with Gasteiger partial charge in [-0.05, 0) is 34.7 Å². The Kier molecular flexibility index (Phi) is 7.25. The van der Waals surface area contributed by atoms with Crippen molar-refractivity contribution in [1.82, 2.24) is 9.80 Å². The van der Waals surface area contributed by atoms with Gasteiger partial charge in [0.25, 0.3) is 0 Å². The molecule has 1 aliphatic heterocycles. The van der Waals surface area contributed by atoms with Crippen molar-refractivity contribution < 1.29 is 23.1 Å². The third kappa shape index (κ3) is 5.81. The molecule has 2 aromatic rings. The van der Waals surface area contributed by atoms with Crippen molar-refractivity contribution in [2.75, 3.05) is 7.05 Å². The fourth-order valence-electron chi connectivity index (χ4n) is 3.85. The van der Waals surface area contributed by atoms with Crippen molar-refractivity contribution >= 4 is 11.8 Å². The quantitative estimate of drug-likeness (QED) is 0.660. The molecule has 0 fully saturated rings. The van der Waals surface area contributed by atoms with E-state index in [4.69, 9.17) is 0 Å². The molecule has 5 nitrogen and oxygen atoms in total. The largest absolute Gasteiger partial charge is 0.435 e. The molecular formula is C24H28F2N2O3. The molecule has 166 valence electrons. The van der Waals surface area contributed by atoms with Crippen LogP contribution in [-0.4, -0.2) is 41.3 Å². The van der Waals surface area contributed by atoms with Gasteiger partial charge in [-0.3, -0.25) is 9.59 Å². The van der Waals surface area contributed by atoms with Gasteiger partial charge < -0.3 is 14.5 Å². The lowest BCUT2D eigenvalue weighted by molar-refractivity contribution is -0.147. The molecule has 0 saturated carbocycles. The number of hydrogen-bond donors (Lipinski definition) is 0. The summed E-state index contributed by atoms with van der Waals surface area (Å²) in [5, 5.41) is 0. The second kappa shape index (κ2) is 9.90. The Morgan fingerprint density at radius 1 is 1.10 bits per heavy atom. The molecule has 3 rings (SSSR count).